The van der Waals surface area contributed by atoms with Gasteiger partial charge in [0, 0.05) is 33.6 Å². The first kappa shape index (κ1) is 21.7. The number of ether oxygens (including phenoxy) is 2. The standard InChI is InChI=1S/C22H27N5O5/c1-4-26(12-15-13-31-16-8-5-6-9-17(16)32-15)18(28)10-7-11-27-14-23-20-19(27)21(29)25(3)22(30)24(20)2/h5-6,8-9,14-15H,4,7,10-13H2,1-3H3. The number of rotatable bonds is 7. The fraction of sp³-hybridized carbons (Fsp3) is 0.455. The van der Waals surface area contributed by atoms with Crippen molar-refractivity contribution in [2.45, 2.75) is 32.4 Å². The first-order chi connectivity index (χ1) is 15.4. The lowest BCUT2D eigenvalue weighted by molar-refractivity contribution is -0.132. The van der Waals surface area contributed by atoms with Gasteiger partial charge in [-0.05, 0) is 25.5 Å². The van der Waals surface area contributed by atoms with Crippen molar-refractivity contribution in [2.24, 2.45) is 14.1 Å². The Morgan fingerprint density at radius 3 is 2.69 bits per heavy atom. The fourth-order valence-electron chi connectivity index (χ4n) is 3.93. The second-order valence-electron chi connectivity index (χ2n) is 7.85. The topological polar surface area (TPSA) is 101 Å². The maximum absolute atomic E-state index is 12.8. The van der Waals surface area contributed by atoms with Crippen molar-refractivity contribution in [2.75, 3.05) is 19.7 Å². The lowest BCUT2D eigenvalue weighted by Crippen LogP contribution is -2.43. The van der Waals surface area contributed by atoms with Gasteiger partial charge in [-0.3, -0.25) is 18.7 Å². The number of aromatic nitrogens is 4. The number of fused-ring (bicyclic) bond motifs is 2. The SMILES string of the molecule is CCN(CC1COc2ccccc2O1)C(=O)CCCn1cnc2c1c(=O)n(C)c(=O)n2C. The zero-order chi connectivity index (χ0) is 22.8. The van der Waals surface area contributed by atoms with Crippen molar-refractivity contribution in [1.29, 1.82) is 0 Å². The third-order valence-corrected chi connectivity index (χ3v) is 5.73. The lowest BCUT2D eigenvalue weighted by atomic mass is 10.2. The van der Waals surface area contributed by atoms with Crippen LogP contribution in [0.5, 0.6) is 11.5 Å². The number of amides is 1. The average molecular weight is 441 g/mol. The summed E-state index contributed by atoms with van der Waals surface area (Å²) in [6.07, 6.45) is 2.18. The normalized spacial score (nSPS) is 15.2. The third kappa shape index (κ3) is 4.00. The number of hydrogen-bond donors (Lipinski definition) is 0. The second kappa shape index (κ2) is 8.89. The molecule has 0 saturated carbocycles. The molecule has 10 nitrogen and oxygen atoms in total. The van der Waals surface area contributed by atoms with Gasteiger partial charge in [0.25, 0.3) is 5.56 Å². The van der Waals surface area contributed by atoms with E-state index in [1.165, 1.54) is 17.9 Å². The van der Waals surface area contributed by atoms with Gasteiger partial charge in [-0.25, -0.2) is 9.78 Å². The maximum Gasteiger partial charge on any atom is 0.332 e. The summed E-state index contributed by atoms with van der Waals surface area (Å²) in [5.41, 5.74) is -0.106. The minimum absolute atomic E-state index is 0.0136. The van der Waals surface area contributed by atoms with Crippen molar-refractivity contribution >= 4 is 17.1 Å². The van der Waals surface area contributed by atoms with E-state index in [9.17, 15) is 14.4 Å². The molecule has 0 fully saturated rings. The van der Waals surface area contributed by atoms with Gasteiger partial charge in [0.15, 0.2) is 28.8 Å². The van der Waals surface area contributed by atoms with Crippen molar-refractivity contribution < 1.29 is 14.3 Å². The summed E-state index contributed by atoms with van der Waals surface area (Å²) >= 11 is 0. The van der Waals surface area contributed by atoms with Crippen LogP contribution in [0.15, 0.2) is 40.2 Å². The van der Waals surface area contributed by atoms with E-state index in [0.29, 0.717) is 61.7 Å². The molecular formula is C22H27N5O5. The number of likely N-dealkylation sites (N-methyl/N-ethyl adjacent to an activating group) is 1. The zero-order valence-electron chi connectivity index (χ0n) is 18.5. The van der Waals surface area contributed by atoms with Gasteiger partial charge in [0.1, 0.15) is 6.61 Å². The highest BCUT2D eigenvalue weighted by atomic mass is 16.6. The number of carbonyl (C=O) groups is 1. The van der Waals surface area contributed by atoms with Crippen LogP contribution in [-0.4, -0.2) is 55.3 Å². The van der Waals surface area contributed by atoms with Crippen molar-refractivity contribution in [3.05, 3.63) is 51.4 Å². The van der Waals surface area contributed by atoms with Crippen LogP contribution in [0.1, 0.15) is 19.8 Å². The zero-order valence-corrected chi connectivity index (χ0v) is 18.5. The summed E-state index contributed by atoms with van der Waals surface area (Å²) in [4.78, 5) is 43.4. The van der Waals surface area contributed by atoms with E-state index in [2.05, 4.69) is 4.98 Å². The number of carbonyl (C=O) groups excluding carboxylic acids is 1. The summed E-state index contributed by atoms with van der Waals surface area (Å²) < 4.78 is 15.8. The molecular weight excluding hydrogens is 414 g/mol. The van der Waals surface area contributed by atoms with Crippen LogP contribution < -0.4 is 20.7 Å². The highest BCUT2D eigenvalue weighted by Crippen LogP contribution is 2.31. The van der Waals surface area contributed by atoms with Gasteiger partial charge in [-0.15, -0.1) is 0 Å². The van der Waals surface area contributed by atoms with Crippen LogP contribution in [0.2, 0.25) is 0 Å². The maximum atomic E-state index is 12.8. The van der Waals surface area contributed by atoms with Crippen LogP contribution in [0.4, 0.5) is 0 Å². The van der Waals surface area contributed by atoms with Gasteiger partial charge in [0.2, 0.25) is 5.91 Å². The van der Waals surface area contributed by atoms with Gasteiger partial charge in [-0.2, -0.15) is 0 Å². The van der Waals surface area contributed by atoms with E-state index in [-0.39, 0.29) is 12.0 Å². The first-order valence-corrected chi connectivity index (χ1v) is 10.7. The molecule has 32 heavy (non-hydrogen) atoms. The second-order valence-corrected chi connectivity index (χ2v) is 7.85. The smallest absolute Gasteiger partial charge is 0.332 e. The number of nitrogens with zero attached hydrogens (tertiary/aromatic N) is 5. The van der Waals surface area contributed by atoms with Crippen LogP contribution in [0.25, 0.3) is 11.2 Å². The molecule has 1 aliphatic rings. The summed E-state index contributed by atoms with van der Waals surface area (Å²) in [5, 5.41) is 0. The molecule has 0 radical (unpaired) electrons. The predicted octanol–water partition coefficient (Wildman–Crippen LogP) is 0.902. The molecule has 0 N–H and O–H groups in total. The third-order valence-electron chi connectivity index (χ3n) is 5.73. The van der Waals surface area contributed by atoms with E-state index in [1.807, 2.05) is 31.2 Å². The van der Waals surface area contributed by atoms with Crippen molar-refractivity contribution in [3.8, 4) is 11.5 Å². The van der Waals surface area contributed by atoms with Gasteiger partial charge >= 0.3 is 5.69 Å². The molecule has 170 valence electrons. The molecule has 0 spiro atoms. The molecule has 3 aromatic rings. The van der Waals surface area contributed by atoms with Gasteiger partial charge < -0.3 is 18.9 Å². The minimum atomic E-state index is -0.418. The first-order valence-electron chi connectivity index (χ1n) is 10.7. The molecule has 10 heteroatoms. The number of hydrogen-bond acceptors (Lipinski definition) is 6. The summed E-state index contributed by atoms with van der Waals surface area (Å²) in [6.45, 7) is 3.79. The highest BCUT2D eigenvalue weighted by molar-refractivity contribution is 5.76. The number of benzene rings is 1. The molecule has 3 heterocycles. The Morgan fingerprint density at radius 2 is 1.94 bits per heavy atom. The Labute approximate surface area is 184 Å². The predicted molar refractivity (Wildman–Crippen MR) is 118 cm³/mol. The largest absolute Gasteiger partial charge is 0.486 e. The fourth-order valence-corrected chi connectivity index (χ4v) is 3.93. The Hall–Kier alpha value is -3.56. The van der Waals surface area contributed by atoms with E-state index in [1.54, 1.807) is 16.5 Å². The molecule has 1 atom stereocenters. The molecule has 0 bridgehead atoms. The van der Waals surface area contributed by atoms with E-state index >= 15 is 0 Å². The van der Waals surface area contributed by atoms with Crippen LogP contribution in [0, 0.1) is 0 Å². The Bertz CT molecular complexity index is 1260. The summed E-state index contributed by atoms with van der Waals surface area (Å²) in [7, 11) is 3.03. The molecule has 1 amide bonds. The van der Waals surface area contributed by atoms with E-state index < -0.39 is 11.2 Å². The molecule has 1 aliphatic heterocycles. The van der Waals surface area contributed by atoms with Crippen LogP contribution in [0.3, 0.4) is 0 Å². The van der Waals surface area contributed by atoms with Crippen LogP contribution in [-0.2, 0) is 25.4 Å². The average Bonchev–Trinajstić information content (AvgIpc) is 3.23. The number of imidazole rings is 1. The van der Waals surface area contributed by atoms with E-state index in [4.69, 9.17) is 9.47 Å². The van der Waals surface area contributed by atoms with Crippen LogP contribution >= 0.6 is 0 Å². The van der Waals surface area contributed by atoms with Gasteiger partial charge in [0.05, 0.1) is 12.9 Å². The summed E-state index contributed by atoms with van der Waals surface area (Å²) in [5.74, 6) is 1.42. The van der Waals surface area contributed by atoms with Gasteiger partial charge in [-0.1, -0.05) is 12.1 Å². The molecule has 0 aliphatic carbocycles. The quantitative estimate of drug-likeness (QED) is 0.540. The molecule has 4 rings (SSSR count). The summed E-state index contributed by atoms with van der Waals surface area (Å²) in [6, 6.07) is 7.50. The Balaban J connectivity index is 1.37. The van der Waals surface area contributed by atoms with Crippen molar-refractivity contribution in [1.82, 2.24) is 23.6 Å². The molecule has 0 saturated heterocycles. The highest BCUT2D eigenvalue weighted by Gasteiger charge is 2.24. The Morgan fingerprint density at radius 1 is 1.19 bits per heavy atom. The monoisotopic (exact) mass is 441 g/mol. The number of para-hydroxylation sites is 2. The lowest BCUT2D eigenvalue weighted by Gasteiger charge is -2.31. The molecule has 1 unspecified atom stereocenters. The number of aryl methyl sites for hydroxylation is 2. The van der Waals surface area contributed by atoms with Crippen molar-refractivity contribution in [3.63, 3.8) is 0 Å². The molecule has 2 aromatic heterocycles. The Kier molecular flexibility index (Phi) is 6.02. The van der Waals surface area contributed by atoms with E-state index in [0.717, 1.165) is 4.57 Å². The minimum Gasteiger partial charge on any atom is -0.486 e. The molecule has 1 aromatic carbocycles.